The first-order valence-corrected chi connectivity index (χ1v) is 6.87. The number of fused-ring (bicyclic) bond motifs is 1. The molecule has 100 valence electrons. The molecule has 0 atom stereocenters. The number of nitrogens with zero attached hydrogens (tertiary/aromatic N) is 2. The van der Waals surface area contributed by atoms with Crippen LogP contribution in [-0.2, 0) is 0 Å². The van der Waals surface area contributed by atoms with Gasteiger partial charge in [0.2, 0.25) is 5.88 Å². The minimum Gasteiger partial charge on any atom is -0.437 e. The molecular formula is C15H12BrN3O. The molecule has 1 heterocycles. The lowest BCUT2D eigenvalue weighted by Gasteiger charge is -2.09. The second-order valence-electron chi connectivity index (χ2n) is 4.49. The monoisotopic (exact) mass is 329 g/mol. The fourth-order valence-corrected chi connectivity index (χ4v) is 2.50. The zero-order valence-electron chi connectivity index (χ0n) is 10.8. The largest absolute Gasteiger partial charge is 0.437 e. The highest BCUT2D eigenvalue weighted by atomic mass is 79.9. The van der Waals surface area contributed by atoms with Crippen LogP contribution in [-0.4, -0.2) is 9.97 Å². The molecule has 3 rings (SSSR count). The molecule has 0 aliphatic heterocycles. The summed E-state index contributed by atoms with van der Waals surface area (Å²) in [5, 5.41) is 0.792. The molecule has 0 aliphatic carbocycles. The van der Waals surface area contributed by atoms with Crippen LogP contribution in [0.1, 0.15) is 5.56 Å². The predicted octanol–water partition coefficient (Wildman–Crippen LogP) is 4.08. The van der Waals surface area contributed by atoms with E-state index in [0.29, 0.717) is 17.3 Å². The number of ether oxygens (including phenoxy) is 1. The number of hydrogen-bond acceptors (Lipinski definition) is 4. The van der Waals surface area contributed by atoms with E-state index in [1.807, 2.05) is 37.3 Å². The van der Waals surface area contributed by atoms with Crippen molar-refractivity contribution in [1.82, 2.24) is 9.97 Å². The second-order valence-corrected chi connectivity index (χ2v) is 5.35. The molecule has 0 unspecified atom stereocenters. The van der Waals surface area contributed by atoms with Crippen molar-refractivity contribution in [2.24, 2.45) is 0 Å². The highest BCUT2D eigenvalue weighted by molar-refractivity contribution is 9.10. The van der Waals surface area contributed by atoms with Crippen LogP contribution in [0.5, 0.6) is 11.6 Å². The topological polar surface area (TPSA) is 61.0 Å². The molecule has 0 bridgehead atoms. The van der Waals surface area contributed by atoms with Crippen LogP contribution >= 0.6 is 15.9 Å². The van der Waals surface area contributed by atoms with E-state index in [1.165, 1.54) is 6.33 Å². The third-order valence-corrected chi connectivity index (χ3v) is 3.54. The predicted molar refractivity (Wildman–Crippen MR) is 82.9 cm³/mol. The van der Waals surface area contributed by atoms with E-state index in [4.69, 9.17) is 10.5 Å². The molecule has 2 N–H and O–H groups in total. The van der Waals surface area contributed by atoms with E-state index in [9.17, 15) is 0 Å². The van der Waals surface area contributed by atoms with Gasteiger partial charge in [0, 0.05) is 5.69 Å². The normalized spacial score (nSPS) is 10.7. The number of anilines is 1. The van der Waals surface area contributed by atoms with Gasteiger partial charge in [-0.1, -0.05) is 6.07 Å². The third kappa shape index (κ3) is 2.44. The van der Waals surface area contributed by atoms with E-state index in [1.54, 1.807) is 6.07 Å². The standard InChI is InChI=1S/C15H12BrN3O/c1-9-2-5-14(12(16)6-9)20-15-11-7-10(17)3-4-13(11)18-8-19-15/h2-8H,17H2,1H3. The molecule has 0 saturated carbocycles. The van der Waals surface area contributed by atoms with Gasteiger partial charge in [-0.15, -0.1) is 0 Å². The lowest BCUT2D eigenvalue weighted by molar-refractivity contribution is 0.465. The van der Waals surface area contributed by atoms with Crippen LogP contribution in [0, 0.1) is 6.92 Å². The van der Waals surface area contributed by atoms with Crippen LogP contribution in [0.15, 0.2) is 47.2 Å². The van der Waals surface area contributed by atoms with Crippen molar-refractivity contribution < 1.29 is 4.74 Å². The van der Waals surface area contributed by atoms with Gasteiger partial charge in [0.05, 0.1) is 15.4 Å². The summed E-state index contributed by atoms with van der Waals surface area (Å²) < 4.78 is 6.76. The van der Waals surface area contributed by atoms with Crippen molar-refractivity contribution in [3.63, 3.8) is 0 Å². The Morgan fingerprint density at radius 1 is 1.10 bits per heavy atom. The minimum atomic E-state index is 0.492. The van der Waals surface area contributed by atoms with Crippen molar-refractivity contribution in [3.8, 4) is 11.6 Å². The van der Waals surface area contributed by atoms with Gasteiger partial charge < -0.3 is 10.5 Å². The molecule has 0 saturated heterocycles. The van der Waals surface area contributed by atoms with Gasteiger partial charge in [-0.05, 0) is 58.7 Å². The molecule has 0 aliphatic rings. The van der Waals surface area contributed by atoms with Crippen molar-refractivity contribution in [2.75, 3.05) is 5.73 Å². The third-order valence-electron chi connectivity index (χ3n) is 2.92. The number of aromatic nitrogens is 2. The quantitative estimate of drug-likeness (QED) is 0.720. The SMILES string of the molecule is Cc1ccc(Oc2ncnc3ccc(N)cc23)c(Br)c1. The number of benzene rings is 2. The van der Waals surface area contributed by atoms with Gasteiger partial charge in [0.15, 0.2) is 0 Å². The van der Waals surface area contributed by atoms with Crippen LogP contribution in [0.3, 0.4) is 0 Å². The summed E-state index contributed by atoms with van der Waals surface area (Å²) in [5.74, 6) is 1.20. The van der Waals surface area contributed by atoms with Crippen LogP contribution in [0.2, 0.25) is 0 Å². The molecule has 2 aromatic carbocycles. The molecule has 3 aromatic rings. The van der Waals surface area contributed by atoms with Gasteiger partial charge in [-0.25, -0.2) is 9.97 Å². The maximum absolute atomic E-state index is 5.88. The highest BCUT2D eigenvalue weighted by Gasteiger charge is 2.09. The fraction of sp³-hybridized carbons (Fsp3) is 0.0667. The summed E-state index contributed by atoms with van der Waals surface area (Å²) >= 11 is 3.49. The first-order chi connectivity index (χ1) is 9.63. The summed E-state index contributed by atoms with van der Waals surface area (Å²) in [6.45, 7) is 2.02. The highest BCUT2D eigenvalue weighted by Crippen LogP contribution is 2.32. The van der Waals surface area contributed by atoms with Crippen molar-refractivity contribution in [3.05, 3.63) is 52.8 Å². The summed E-state index contributed by atoms with van der Waals surface area (Å²) in [5.41, 5.74) is 8.42. The van der Waals surface area contributed by atoms with Crippen LogP contribution < -0.4 is 10.5 Å². The van der Waals surface area contributed by atoms with Crippen LogP contribution in [0.4, 0.5) is 5.69 Å². The Morgan fingerprint density at radius 3 is 2.75 bits per heavy atom. The number of nitrogens with two attached hydrogens (primary N) is 1. The Labute approximate surface area is 124 Å². The van der Waals surface area contributed by atoms with E-state index < -0.39 is 0 Å². The van der Waals surface area contributed by atoms with E-state index in [2.05, 4.69) is 25.9 Å². The van der Waals surface area contributed by atoms with Gasteiger partial charge in [0.25, 0.3) is 0 Å². The molecule has 1 aromatic heterocycles. The summed E-state index contributed by atoms with van der Waals surface area (Å²) in [4.78, 5) is 8.40. The Balaban J connectivity index is 2.08. The Kier molecular flexibility index (Phi) is 3.28. The average molecular weight is 330 g/mol. The van der Waals surface area contributed by atoms with Gasteiger partial charge in [0.1, 0.15) is 12.1 Å². The zero-order chi connectivity index (χ0) is 14.1. The summed E-state index contributed by atoms with van der Waals surface area (Å²) in [6.07, 6.45) is 1.48. The van der Waals surface area contributed by atoms with E-state index >= 15 is 0 Å². The number of halogens is 1. The van der Waals surface area contributed by atoms with Crippen molar-refractivity contribution in [1.29, 1.82) is 0 Å². The number of rotatable bonds is 2. The Morgan fingerprint density at radius 2 is 1.95 bits per heavy atom. The van der Waals surface area contributed by atoms with E-state index in [-0.39, 0.29) is 0 Å². The molecule has 0 spiro atoms. The van der Waals surface area contributed by atoms with Gasteiger partial charge >= 0.3 is 0 Å². The number of nitrogen functional groups attached to an aromatic ring is 1. The summed E-state index contributed by atoms with van der Waals surface area (Å²) in [7, 11) is 0. The molecule has 4 nitrogen and oxygen atoms in total. The smallest absolute Gasteiger partial charge is 0.230 e. The molecule has 20 heavy (non-hydrogen) atoms. The Bertz CT molecular complexity index is 789. The lowest BCUT2D eigenvalue weighted by Crippen LogP contribution is -1.93. The maximum atomic E-state index is 5.88. The molecular weight excluding hydrogens is 318 g/mol. The lowest BCUT2D eigenvalue weighted by atomic mass is 10.2. The average Bonchev–Trinajstić information content (AvgIpc) is 2.42. The summed E-state index contributed by atoms with van der Waals surface area (Å²) in [6, 6.07) is 11.3. The maximum Gasteiger partial charge on any atom is 0.230 e. The molecule has 0 amide bonds. The number of aryl methyl sites for hydroxylation is 1. The first-order valence-electron chi connectivity index (χ1n) is 6.08. The fourth-order valence-electron chi connectivity index (χ4n) is 1.92. The number of hydrogen-bond donors (Lipinski definition) is 1. The Hall–Kier alpha value is -2.14. The molecule has 0 radical (unpaired) electrons. The van der Waals surface area contributed by atoms with Gasteiger partial charge in [-0.2, -0.15) is 0 Å². The van der Waals surface area contributed by atoms with Crippen molar-refractivity contribution >= 4 is 32.5 Å². The second kappa shape index (κ2) is 5.09. The molecule has 5 heteroatoms. The van der Waals surface area contributed by atoms with Crippen LogP contribution in [0.25, 0.3) is 10.9 Å². The molecule has 0 fully saturated rings. The van der Waals surface area contributed by atoms with Gasteiger partial charge in [-0.3, -0.25) is 0 Å². The van der Waals surface area contributed by atoms with E-state index in [0.717, 1.165) is 20.9 Å². The van der Waals surface area contributed by atoms with Crippen molar-refractivity contribution in [2.45, 2.75) is 6.92 Å². The minimum absolute atomic E-state index is 0.492. The zero-order valence-corrected chi connectivity index (χ0v) is 12.4. The first kappa shape index (κ1) is 12.9.